The first-order valence-electron chi connectivity index (χ1n) is 10.8. The predicted molar refractivity (Wildman–Crippen MR) is 118 cm³/mol. The molecule has 5 rings (SSSR count). The number of hydrogen-bond acceptors (Lipinski definition) is 4. The molecule has 0 bridgehead atoms. The Hall–Kier alpha value is -3.52. The maximum Gasteiger partial charge on any atom is 0.252 e. The molecular weight excluding hydrogens is 384 g/mol. The number of nitrogens with zero attached hydrogens (tertiary/aromatic N) is 3. The summed E-state index contributed by atoms with van der Waals surface area (Å²) in [5.41, 5.74) is 6.14. The number of amides is 1. The lowest BCUT2D eigenvalue weighted by Crippen LogP contribution is -2.51. The minimum absolute atomic E-state index is 0.134. The van der Waals surface area contributed by atoms with Crippen LogP contribution in [0.15, 0.2) is 54.9 Å². The molecule has 31 heavy (non-hydrogen) atoms. The van der Waals surface area contributed by atoms with E-state index in [0.29, 0.717) is 17.0 Å². The van der Waals surface area contributed by atoms with Gasteiger partial charge in [-0.05, 0) is 81.0 Å². The zero-order valence-electron chi connectivity index (χ0n) is 17.6. The highest BCUT2D eigenvalue weighted by Gasteiger charge is 2.41. The summed E-state index contributed by atoms with van der Waals surface area (Å²) in [6, 6.07) is 15.1. The molecule has 5 heteroatoms. The number of carbonyl (C=O) groups excluding carboxylic acids is 1. The smallest absolute Gasteiger partial charge is 0.252 e. The Morgan fingerprint density at radius 2 is 1.87 bits per heavy atom. The number of benzene rings is 1. The topological polar surface area (TPSA) is 78.7 Å². The van der Waals surface area contributed by atoms with Crippen molar-refractivity contribution in [2.45, 2.75) is 50.5 Å². The third-order valence-corrected chi connectivity index (χ3v) is 6.53. The highest BCUT2D eigenvalue weighted by atomic mass is 16.1. The molecule has 2 aliphatic carbocycles. The van der Waals surface area contributed by atoms with Crippen molar-refractivity contribution < 1.29 is 4.79 Å². The first-order valence-corrected chi connectivity index (χ1v) is 10.8. The van der Waals surface area contributed by atoms with Crippen LogP contribution >= 0.6 is 0 Å². The molecule has 2 aliphatic rings. The first-order chi connectivity index (χ1) is 15.1. The van der Waals surface area contributed by atoms with Crippen LogP contribution in [0.2, 0.25) is 0 Å². The van der Waals surface area contributed by atoms with Gasteiger partial charge in [0.2, 0.25) is 0 Å². The van der Waals surface area contributed by atoms with Gasteiger partial charge in [-0.3, -0.25) is 14.8 Å². The Morgan fingerprint density at radius 1 is 1.10 bits per heavy atom. The van der Waals surface area contributed by atoms with E-state index in [2.05, 4.69) is 35.4 Å². The quantitative estimate of drug-likeness (QED) is 0.644. The number of carbonyl (C=O) groups is 1. The molecule has 2 fully saturated rings. The molecule has 3 aromatic rings. The number of aryl methyl sites for hydroxylation is 1. The molecule has 1 N–H and O–H groups in total. The summed E-state index contributed by atoms with van der Waals surface area (Å²) in [6.45, 7) is 2.13. The Kier molecular flexibility index (Phi) is 4.78. The van der Waals surface area contributed by atoms with Gasteiger partial charge in [-0.25, -0.2) is 0 Å². The Labute approximate surface area is 182 Å². The van der Waals surface area contributed by atoms with Crippen LogP contribution in [0.4, 0.5) is 0 Å². The molecule has 1 amide bonds. The van der Waals surface area contributed by atoms with Crippen molar-refractivity contribution in [3.8, 4) is 17.2 Å². The molecule has 0 radical (unpaired) electrons. The van der Waals surface area contributed by atoms with Gasteiger partial charge in [-0.2, -0.15) is 5.26 Å². The van der Waals surface area contributed by atoms with Crippen LogP contribution in [0.25, 0.3) is 11.1 Å². The van der Waals surface area contributed by atoms with Gasteiger partial charge in [0, 0.05) is 40.7 Å². The van der Waals surface area contributed by atoms with Crippen LogP contribution in [-0.4, -0.2) is 15.9 Å². The predicted octanol–water partition coefficient (Wildman–Crippen LogP) is 5.01. The minimum atomic E-state index is -0.424. The zero-order chi connectivity index (χ0) is 21.4. The average Bonchev–Trinajstić information content (AvgIpc) is 3.62. The van der Waals surface area contributed by atoms with E-state index in [0.717, 1.165) is 36.1 Å². The van der Waals surface area contributed by atoms with Gasteiger partial charge < -0.3 is 5.32 Å². The van der Waals surface area contributed by atoms with Crippen molar-refractivity contribution in [2.75, 3.05) is 0 Å². The number of aromatic nitrogens is 2. The van der Waals surface area contributed by atoms with E-state index in [9.17, 15) is 4.79 Å². The van der Waals surface area contributed by atoms with Crippen molar-refractivity contribution in [2.24, 2.45) is 0 Å². The van der Waals surface area contributed by atoms with Crippen molar-refractivity contribution in [3.05, 3.63) is 82.9 Å². The number of rotatable bonds is 5. The van der Waals surface area contributed by atoms with E-state index >= 15 is 0 Å². The van der Waals surface area contributed by atoms with Gasteiger partial charge in [0.1, 0.15) is 0 Å². The molecule has 2 heterocycles. The Morgan fingerprint density at radius 3 is 2.42 bits per heavy atom. The zero-order valence-corrected chi connectivity index (χ0v) is 17.6. The lowest BCUT2D eigenvalue weighted by Gasteiger charge is -2.42. The number of nitrogens with one attached hydrogen (secondary N) is 1. The molecule has 5 nitrogen and oxygen atoms in total. The highest BCUT2D eigenvalue weighted by molar-refractivity contribution is 5.95. The molecule has 0 atom stereocenters. The van der Waals surface area contributed by atoms with Gasteiger partial charge in [0.05, 0.1) is 22.9 Å². The van der Waals surface area contributed by atoms with Gasteiger partial charge in [0.25, 0.3) is 5.91 Å². The van der Waals surface area contributed by atoms with E-state index in [1.165, 1.54) is 24.1 Å². The van der Waals surface area contributed by atoms with E-state index in [4.69, 9.17) is 10.2 Å². The summed E-state index contributed by atoms with van der Waals surface area (Å²) in [5, 5.41) is 12.1. The van der Waals surface area contributed by atoms with E-state index in [1.807, 2.05) is 18.5 Å². The van der Waals surface area contributed by atoms with E-state index in [1.54, 1.807) is 24.3 Å². The fourth-order valence-corrected chi connectivity index (χ4v) is 4.28. The summed E-state index contributed by atoms with van der Waals surface area (Å²) in [7, 11) is 0. The van der Waals surface area contributed by atoms with Crippen molar-refractivity contribution >= 4 is 5.91 Å². The normalized spacial score (nSPS) is 16.8. The third kappa shape index (κ3) is 3.70. The summed E-state index contributed by atoms with van der Waals surface area (Å²) < 4.78 is 0. The van der Waals surface area contributed by atoms with Crippen LogP contribution in [0.3, 0.4) is 0 Å². The molecule has 0 aliphatic heterocycles. The number of hydrogen-bond donors (Lipinski definition) is 1. The van der Waals surface area contributed by atoms with Crippen molar-refractivity contribution in [1.29, 1.82) is 5.26 Å². The summed E-state index contributed by atoms with van der Waals surface area (Å²) in [6.07, 6.45) is 9.16. The molecule has 0 saturated heterocycles. The van der Waals surface area contributed by atoms with Crippen LogP contribution < -0.4 is 5.32 Å². The van der Waals surface area contributed by atoms with E-state index in [-0.39, 0.29) is 5.91 Å². The van der Waals surface area contributed by atoms with Crippen LogP contribution in [0, 0.1) is 18.3 Å². The maximum atomic E-state index is 12.8. The first kappa shape index (κ1) is 19.4. The average molecular weight is 409 g/mol. The summed E-state index contributed by atoms with van der Waals surface area (Å²) >= 11 is 0. The highest BCUT2D eigenvalue weighted by Crippen LogP contribution is 2.42. The monoisotopic (exact) mass is 408 g/mol. The number of nitriles is 1. The number of pyridine rings is 2. The molecule has 2 saturated carbocycles. The molecule has 0 spiro atoms. The maximum absolute atomic E-state index is 12.8. The van der Waals surface area contributed by atoms with Gasteiger partial charge in [0.15, 0.2) is 0 Å². The van der Waals surface area contributed by atoms with Gasteiger partial charge in [-0.1, -0.05) is 6.07 Å². The van der Waals surface area contributed by atoms with Crippen LogP contribution in [-0.2, 0) is 5.54 Å². The molecule has 0 unspecified atom stereocenters. The third-order valence-electron chi connectivity index (χ3n) is 6.53. The van der Waals surface area contributed by atoms with Gasteiger partial charge in [-0.15, -0.1) is 0 Å². The molecular formula is C26H24N4O. The second kappa shape index (κ2) is 7.63. The second-order valence-corrected chi connectivity index (χ2v) is 8.71. The summed E-state index contributed by atoms with van der Waals surface area (Å²) in [5.74, 6) is 0.511. The minimum Gasteiger partial charge on any atom is -0.341 e. The Bertz CT molecular complexity index is 1170. The van der Waals surface area contributed by atoms with Crippen molar-refractivity contribution in [1.82, 2.24) is 15.3 Å². The van der Waals surface area contributed by atoms with Crippen LogP contribution in [0.1, 0.15) is 70.9 Å². The standard InChI is InChI=1S/C26H24N4O/c1-17-13-23(19-7-8-19)28-16-22(17)21-9-10-24(29-15-21)26(11-2-12-26)30-25(31)20-5-3-18(14-27)4-6-20/h3-6,9-10,13,15-16,19H,2,7-8,11-12H2,1H3,(H,30,31). The van der Waals surface area contributed by atoms with Crippen LogP contribution in [0.5, 0.6) is 0 Å². The molecule has 154 valence electrons. The van der Waals surface area contributed by atoms with Gasteiger partial charge >= 0.3 is 0 Å². The Balaban J connectivity index is 1.36. The second-order valence-electron chi connectivity index (χ2n) is 8.71. The lowest BCUT2D eigenvalue weighted by atomic mass is 9.73. The fourth-order valence-electron chi connectivity index (χ4n) is 4.28. The largest absolute Gasteiger partial charge is 0.341 e. The van der Waals surface area contributed by atoms with E-state index < -0.39 is 5.54 Å². The molecule has 1 aromatic carbocycles. The fraction of sp³-hybridized carbons (Fsp3) is 0.308. The SMILES string of the molecule is Cc1cc(C2CC2)ncc1-c1ccc(C2(NC(=O)c3ccc(C#N)cc3)CCC2)nc1. The van der Waals surface area contributed by atoms with Crippen molar-refractivity contribution in [3.63, 3.8) is 0 Å². The summed E-state index contributed by atoms with van der Waals surface area (Å²) in [4.78, 5) is 22.2. The lowest BCUT2D eigenvalue weighted by molar-refractivity contribution is 0.0817. The molecule has 2 aromatic heterocycles.